The van der Waals surface area contributed by atoms with Crippen LogP contribution in [-0.4, -0.2) is 21.1 Å². The second-order valence-electron chi connectivity index (χ2n) is 4.74. The molecule has 2 N–H and O–H groups in total. The number of halogens is 1. The Bertz CT molecular complexity index is 764. The molecule has 0 radical (unpaired) electrons. The van der Waals surface area contributed by atoms with Gasteiger partial charge in [0, 0.05) is 29.9 Å². The summed E-state index contributed by atoms with van der Waals surface area (Å²) in [7, 11) is 0. The molecule has 0 unspecified atom stereocenters. The number of nitrogens with zero attached hydrogens (tertiary/aromatic N) is 3. The summed E-state index contributed by atoms with van der Waals surface area (Å²) < 4.78 is 2.04. The minimum Gasteiger partial charge on any atom is -0.329 e. The van der Waals surface area contributed by atoms with E-state index in [1.54, 1.807) is 0 Å². The van der Waals surface area contributed by atoms with Crippen molar-refractivity contribution in [2.75, 3.05) is 6.54 Å². The average Bonchev–Trinajstić information content (AvgIpc) is 2.77. The Morgan fingerprint density at radius 1 is 1.30 bits per heavy atom. The molecule has 0 saturated carbocycles. The van der Waals surface area contributed by atoms with Crippen molar-refractivity contribution < 1.29 is 0 Å². The lowest BCUT2D eigenvalue weighted by molar-refractivity contribution is 0.729. The fraction of sp³-hybridized carbons (Fsp3) is 0.200. The summed E-state index contributed by atoms with van der Waals surface area (Å²) in [6.07, 6.45) is 1.85. The normalized spacial score (nSPS) is 11.2. The molecule has 0 aliphatic carbocycles. The molecule has 4 nitrogen and oxygen atoms in total. The van der Waals surface area contributed by atoms with Gasteiger partial charge in [-0.15, -0.1) is 0 Å². The number of aryl methyl sites for hydroxylation is 1. The molecule has 0 saturated heterocycles. The molecule has 3 aromatic rings. The minimum absolute atomic E-state index is 0.536. The molecule has 2 heterocycles. The third-order valence-electron chi connectivity index (χ3n) is 3.16. The van der Waals surface area contributed by atoms with E-state index < -0.39 is 0 Å². The Morgan fingerprint density at radius 3 is 2.90 bits per heavy atom. The molecule has 102 valence electrons. The maximum Gasteiger partial charge on any atom is 0.160 e. The topological polar surface area (TPSA) is 56.7 Å². The number of aromatic nitrogens is 3. The number of hydrogen-bond acceptors (Lipinski definition) is 3. The van der Waals surface area contributed by atoms with Gasteiger partial charge in [0.15, 0.2) is 5.65 Å². The van der Waals surface area contributed by atoms with Crippen LogP contribution in [0.5, 0.6) is 0 Å². The zero-order valence-corrected chi connectivity index (χ0v) is 11.9. The van der Waals surface area contributed by atoms with E-state index in [4.69, 9.17) is 17.3 Å². The molecule has 0 amide bonds. The fourth-order valence-electron chi connectivity index (χ4n) is 2.30. The standard InChI is InChI=1S/C15H15ClN4/c1-10-7-13-15(18-9-10)20(6-5-17)14(19-13)11-3-2-4-12(16)8-11/h2-4,7-9H,5-6,17H2,1H3. The maximum absolute atomic E-state index is 6.07. The van der Waals surface area contributed by atoms with Gasteiger partial charge >= 0.3 is 0 Å². The van der Waals surface area contributed by atoms with Gasteiger partial charge in [-0.1, -0.05) is 23.7 Å². The molecular weight excluding hydrogens is 272 g/mol. The smallest absolute Gasteiger partial charge is 0.160 e. The zero-order chi connectivity index (χ0) is 14.1. The van der Waals surface area contributed by atoms with Gasteiger partial charge in [-0.3, -0.25) is 0 Å². The van der Waals surface area contributed by atoms with Gasteiger partial charge in [0.2, 0.25) is 0 Å². The summed E-state index contributed by atoms with van der Waals surface area (Å²) in [4.78, 5) is 9.17. The summed E-state index contributed by atoms with van der Waals surface area (Å²) in [5, 5.41) is 0.693. The van der Waals surface area contributed by atoms with Crippen molar-refractivity contribution in [3.8, 4) is 11.4 Å². The highest BCUT2D eigenvalue weighted by atomic mass is 35.5. The van der Waals surface area contributed by atoms with Crippen molar-refractivity contribution in [3.63, 3.8) is 0 Å². The Hall–Kier alpha value is -1.91. The van der Waals surface area contributed by atoms with Crippen LogP contribution in [0.25, 0.3) is 22.6 Å². The first-order valence-electron chi connectivity index (χ1n) is 6.48. The van der Waals surface area contributed by atoms with Crippen LogP contribution in [-0.2, 0) is 6.54 Å². The van der Waals surface area contributed by atoms with Crippen molar-refractivity contribution in [2.24, 2.45) is 5.73 Å². The number of hydrogen-bond donors (Lipinski definition) is 1. The van der Waals surface area contributed by atoms with Crippen molar-refractivity contribution in [1.29, 1.82) is 0 Å². The van der Waals surface area contributed by atoms with E-state index in [9.17, 15) is 0 Å². The Morgan fingerprint density at radius 2 is 2.15 bits per heavy atom. The van der Waals surface area contributed by atoms with Crippen LogP contribution in [0.2, 0.25) is 5.02 Å². The average molecular weight is 287 g/mol. The molecule has 5 heteroatoms. The first kappa shape index (κ1) is 13.1. The van der Waals surface area contributed by atoms with Crippen LogP contribution in [0.15, 0.2) is 36.5 Å². The predicted octanol–water partition coefficient (Wildman–Crippen LogP) is 3.02. The van der Waals surface area contributed by atoms with Crippen molar-refractivity contribution >= 4 is 22.8 Å². The number of benzene rings is 1. The number of fused-ring (bicyclic) bond motifs is 1. The van der Waals surface area contributed by atoms with Gasteiger partial charge in [0.1, 0.15) is 11.3 Å². The summed E-state index contributed by atoms with van der Waals surface area (Å²) in [6.45, 7) is 3.22. The molecule has 0 aliphatic rings. The molecule has 0 bridgehead atoms. The van der Waals surface area contributed by atoms with E-state index in [0.29, 0.717) is 18.1 Å². The summed E-state index contributed by atoms with van der Waals surface area (Å²) in [5.41, 5.74) is 9.52. The van der Waals surface area contributed by atoms with Crippen LogP contribution in [0, 0.1) is 6.92 Å². The second kappa shape index (κ2) is 5.23. The summed E-state index contributed by atoms with van der Waals surface area (Å²) in [6, 6.07) is 9.70. The quantitative estimate of drug-likeness (QED) is 0.805. The molecule has 0 fully saturated rings. The van der Waals surface area contributed by atoms with Gasteiger partial charge in [-0.05, 0) is 30.7 Å². The van der Waals surface area contributed by atoms with Crippen LogP contribution in [0.4, 0.5) is 0 Å². The number of imidazole rings is 1. The summed E-state index contributed by atoms with van der Waals surface area (Å²) in [5.74, 6) is 0.853. The van der Waals surface area contributed by atoms with Gasteiger partial charge in [-0.2, -0.15) is 0 Å². The lowest BCUT2D eigenvalue weighted by Crippen LogP contribution is -2.11. The van der Waals surface area contributed by atoms with E-state index in [1.807, 2.05) is 48.0 Å². The lowest BCUT2D eigenvalue weighted by atomic mass is 10.2. The molecule has 20 heavy (non-hydrogen) atoms. The monoisotopic (exact) mass is 286 g/mol. The van der Waals surface area contributed by atoms with Crippen molar-refractivity contribution in [1.82, 2.24) is 14.5 Å². The summed E-state index contributed by atoms with van der Waals surface area (Å²) >= 11 is 6.07. The highest BCUT2D eigenvalue weighted by Crippen LogP contribution is 2.26. The number of nitrogens with two attached hydrogens (primary N) is 1. The predicted molar refractivity (Wildman–Crippen MR) is 81.8 cm³/mol. The van der Waals surface area contributed by atoms with Gasteiger partial charge in [-0.25, -0.2) is 9.97 Å². The van der Waals surface area contributed by atoms with E-state index in [-0.39, 0.29) is 0 Å². The Kier molecular flexibility index (Phi) is 3.42. The van der Waals surface area contributed by atoms with Crippen molar-refractivity contribution in [3.05, 3.63) is 47.1 Å². The van der Waals surface area contributed by atoms with E-state index >= 15 is 0 Å². The molecule has 0 aliphatic heterocycles. The third-order valence-corrected chi connectivity index (χ3v) is 3.39. The van der Waals surface area contributed by atoms with E-state index in [1.165, 1.54) is 0 Å². The molecule has 1 aromatic carbocycles. The van der Waals surface area contributed by atoms with Gasteiger partial charge < -0.3 is 10.3 Å². The largest absolute Gasteiger partial charge is 0.329 e. The molecule has 0 atom stereocenters. The highest BCUT2D eigenvalue weighted by molar-refractivity contribution is 6.30. The van der Waals surface area contributed by atoms with Crippen LogP contribution < -0.4 is 5.73 Å². The van der Waals surface area contributed by atoms with E-state index in [2.05, 4.69) is 9.97 Å². The zero-order valence-electron chi connectivity index (χ0n) is 11.2. The van der Waals surface area contributed by atoms with Crippen LogP contribution in [0.1, 0.15) is 5.56 Å². The van der Waals surface area contributed by atoms with Crippen molar-refractivity contribution in [2.45, 2.75) is 13.5 Å². The Labute approximate surface area is 122 Å². The third kappa shape index (κ3) is 2.28. The first-order chi connectivity index (χ1) is 9.69. The second-order valence-corrected chi connectivity index (χ2v) is 5.18. The van der Waals surface area contributed by atoms with Crippen LogP contribution in [0.3, 0.4) is 0 Å². The van der Waals surface area contributed by atoms with Gasteiger partial charge in [0.25, 0.3) is 0 Å². The lowest BCUT2D eigenvalue weighted by Gasteiger charge is -2.07. The number of pyridine rings is 1. The van der Waals surface area contributed by atoms with Gasteiger partial charge in [0.05, 0.1) is 0 Å². The molecular formula is C15H15ClN4. The number of rotatable bonds is 3. The molecule has 3 rings (SSSR count). The minimum atomic E-state index is 0.536. The SMILES string of the molecule is Cc1cnc2c(c1)nc(-c1cccc(Cl)c1)n2CCN. The Balaban J connectivity index is 2.25. The highest BCUT2D eigenvalue weighted by Gasteiger charge is 2.13. The van der Waals surface area contributed by atoms with E-state index in [0.717, 1.165) is 28.1 Å². The fourth-order valence-corrected chi connectivity index (χ4v) is 2.49. The first-order valence-corrected chi connectivity index (χ1v) is 6.86. The molecule has 2 aromatic heterocycles. The van der Waals surface area contributed by atoms with Crippen LogP contribution >= 0.6 is 11.6 Å². The maximum atomic E-state index is 6.07. The molecule has 0 spiro atoms.